The molecule has 4 heteroatoms. The van der Waals surface area contributed by atoms with Crippen LogP contribution in [-0.2, 0) is 22.4 Å². The van der Waals surface area contributed by atoms with Gasteiger partial charge in [0, 0.05) is 16.6 Å². The molecule has 1 aliphatic rings. The van der Waals surface area contributed by atoms with Gasteiger partial charge in [-0.3, -0.25) is 4.98 Å². The lowest BCUT2D eigenvalue weighted by atomic mass is 9.82. The van der Waals surface area contributed by atoms with Crippen molar-refractivity contribution in [2.45, 2.75) is 72.0 Å². The molecule has 0 saturated heterocycles. The standard InChI is InChI=1S/C27H31NO3/c1-16-19-11-7-6-10-18(19)14-15-20(16)24-21-12-8-9-13-22(21)28-17(2)23(24)25(26(29)30)31-27(3,4)5/h8-9,12-15,25H,6-7,10-11H2,1-5H3,(H,29,30)/t25-/m0/s1. The number of fused-ring (bicyclic) bond motifs is 2. The maximum absolute atomic E-state index is 12.4. The SMILES string of the molecule is Cc1nc2ccccc2c(-c2ccc3c(c2C)CCCC3)c1[C@H](OC(C)(C)C)C(=O)O. The summed E-state index contributed by atoms with van der Waals surface area (Å²) in [4.78, 5) is 17.2. The van der Waals surface area contributed by atoms with Crippen molar-refractivity contribution >= 4 is 16.9 Å². The molecule has 1 atom stereocenters. The van der Waals surface area contributed by atoms with Crippen LogP contribution in [0.3, 0.4) is 0 Å². The monoisotopic (exact) mass is 417 g/mol. The summed E-state index contributed by atoms with van der Waals surface area (Å²) >= 11 is 0. The topological polar surface area (TPSA) is 59.4 Å². The molecule has 0 spiro atoms. The number of aliphatic carboxylic acids is 1. The van der Waals surface area contributed by atoms with Crippen LogP contribution in [0.5, 0.6) is 0 Å². The highest BCUT2D eigenvalue weighted by molar-refractivity contribution is 5.99. The molecule has 1 heterocycles. The average molecular weight is 418 g/mol. The van der Waals surface area contributed by atoms with E-state index in [2.05, 4.69) is 19.1 Å². The third-order valence-corrected chi connectivity index (χ3v) is 6.17. The molecule has 0 fully saturated rings. The van der Waals surface area contributed by atoms with Crippen LogP contribution in [0.4, 0.5) is 0 Å². The van der Waals surface area contributed by atoms with Crippen molar-refractivity contribution in [1.29, 1.82) is 0 Å². The zero-order chi connectivity index (χ0) is 22.3. The Labute approximate surface area is 184 Å². The third-order valence-electron chi connectivity index (χ3n) is 6.17. The Balaban J connectivity index is 2.06. The number of pyridine rings is 1. The number of aryl methyl sites for hydroxylation is 2. The number of aromatic nitrogens is 1. The summed E-state index contributed by atoms with van der Waals surface area (Å²) < 4.78 is 6.09. The first kappa shape index (κ1) is 21.5. The van der Waals surface area contributed by atoms with Gasteiger partial charge in [0.05, 0.1) is 11.1 Å². The minimum atomic E-state index is -1.09. The zero-order valence-corrected chi connectivity index (χ0v) is 19.1. The molecule has 0 aliphatic heterocycles. The number of ether oxygens (including phenoxy) is 1. The van der Waals surface area contributed by atoms with Crippen LogP contribution in [0, 0.1) is 13.8 Å². The van der Waals surface area contributed by atoms with Crippen LogP contribution in [0.25, 0.3) is 22.0 Å². The number of hydrogen-bond donors (Lipinski definition) is 1. The summed E-state index contributed by atoms with van der Waals surface area (Å²) in [5, 5.41) is 11.1. The first-order chi connectivity index (χ1) is 14.7. The van der Waals surface area contributed by atoms with E-state index in [1.807, 2.05) is 52.0 Å². The second kappa shape index (κ2) is 8.08. The molecule has 0 amide bonds. The fraction of sp³-hybridized carbons (Fsp3) is 0.407. The van der Waals surface area contributed by atoms with Crippen LogP contribution in [-0.4, -0.2) is 21.7 Å². The molecule has 2 aromatic carbocycles. The molecule has 3 aromatic rings. The average Bonchev–Trinajstić information content (AvgIpc) is 2.71. The quantitative estimate of drug-likeness (QED) is 0.538. The van der Waals surface area contributed by atoms with Crippen molar-refractivity contribution < 1.29 is 14.6 Å². The molecular weight excluding hydrogens is 386 g/mol. The van der Waals surface area contributed by atoms with E-state index in [1.165, 1.54) is 29.5 Å². The summed E-state index contributed by atoms with van der Waals surface area (Å²) in [5.41, 5.74) is 7.71. The largest absolute Gasteiger partial charge is 0.479 e. The Morgan fingerprint density at radius 1 is 1.06 bits per heavy atom. The van der Waals surface area contributed by atoms with Crippen LogP contribution >= 0.6 is 0 Å². The van der Waals surface area contributed by atoms with E-state index in [-0.39, 0.29) is 0 Å². The van der Waals surface area contributed by atoms with Gasteiger partial charge in [0.1, 0.15) is 0 Å². The fourth-order valence-electron chi connectivity index (χ4n) is 4.83. The van der Waals surface area contributed by atoms with Gasteiger partial charge in [-0.2, -0.15) is 0 Å². The summed E-state index contributed by atoms with van der Waals surface area (Å²) in [6.07, 6.45) is 3.53. The van der Waals surface area contributed by atoms with Crippen molar-refractivity contribution in [3.8, 4) is 11.1 Å². The Morgan fingerprint density at radius 2 is 1.77 bits per heavy atom. The van der Waals surface area contributed by atoms with E-state index < -0.39 is 17.7 Å². The van der Waals surface area contributed by atoms with E-state index in [9.17, 15) is 9.90 Å². The third kappa shape index (κ3) is 4.09. The van der Waals surface area contributed by atoms with Crippen molar-refractivity contribution in [3.05, 3.63) is 64.3 Å². The Kier molecular flexibility index (Phi) is 5.61. The lowest BCUT2D eigenvalue weighted by molar-refractivity contribution is -0.160. The minimum absolute atomic E-state index is 0.608. The number of para-hydroxylation sites is 1. The van der Waals surface area contributed by atoms with Crippen molar-refractivity contribution in [2.75, 3.05) is 0 Å². The Bertz CT molecular complexity index is 1160. The second-order valence-electron chi connectivity index (χ2n) is 9.53. The molecule has 4 rings (SSSR count). The molecule has 0 radical (unpaired) electrons. The number of carboxylic acid groups (broad SMARTS) is 1. The molecule has 0 saturated carbocycles. The predicted molar refractivity (Wildman–Crippen MR) is 125 cm³/mol. The van der Waals surface area contributed by atoms with Crippen molar-refractivity contribution in [1.82, 2.24) is 4.98 Å². The summed E-state index contributed by atoms with van der Waals surface area (Å²) in [5.74, 6) is -0.994. The van der Waals surface area contributed by atoms with Crippen LogP contribution in [0.1, 0.15) is 67.7 Å². The number of carboxylic acids is 1. The highest BCUT2D eigenvalue weighted by atomic mass is 16.5. The van der Waals surface area contributed by atoms with Gasteiger partial charge in [-0.25, -0.2) is 4.79 Å². The molecular formula is C27H31NO3. The number of benzene rings is 2. The van der Waals surface area contributed by atoms with Crippen LogP contribution in [0.2, 0.25) is 0 Å². The highest BCUT2D eigenvalue weighted by Crippen LogP contribution is 2.42. The van der Waals surface area contributed by atoms with E-state index in [4.69, 9.17) is 9.72 Å². The molecule has 1 aromatic heterocycles. The lowest BCUT2D eigenvalue weighted by Crippen LogP contribution is -2.28. The first-order valence-electron chi connectivity index (χ1n) is 11.1. The van der Waals surface area contributed by atoms with Gasteiger partial charge in [0.2, 0.25) is 0 Å². The lowest BCUT2D eigenvalue weighted by Gasteiger charge is -2.29. The van der Waals surface area contributed by atoms with Gasteiger partial charge >= 0.3 is 5.97 Å². The molecule has 0 bridgehead atoms. The highest BCUT2D eigenvalue weighted by Gasteiger charge is 2.32. The van der Waals surface area contributed by atoms with Gasteiger partial charge in [0.25, 0.3) is 0 Å². The van der Waals surface area contributed by atoms with Gasteiger partial charge in [-0.15, -0.1) is 0 Å². The molecule has 162 valence electrons. The number of carbonyl (C=O) groups is 1. The summed E-state index contributed by atoms with van der Waals surface area (Å²) in [6.45, 7) is 9.72. The minimum Gasteiger partial charge on any atom is -0.479 e. The first-order valence-corrected chi connectivity index (χ1v) is 11.1. The van der Waals surface area contributed by atoms with Gasteiger partial charge in [-0.1, -0.05) is 30.3 Å². The van der Waals surface area contributed by atoms with Gasteiger partial charge in [0.15, 0.2) is 6.10 Å². The van der Waals surface area contributed by atoms with E-state index >= 15 is 0 Å². The number of nitrogens with zero attached hydrogens (tertiary/aromatic N) is 1. The molecule has 1 aliphatic carbocycles. The maximum Gasteiger partial charge on any atom is 0.337 e. The fourth-order valence-corrected chi connectivity index (χ4v) is 4.83. The second-order valence-corrected chi connectivity index (χ2v) is 9.53. The zero-order valence-electron chi connectivity index (χ0n) is 19.1. The number of hydrogen-bond acceptors (Lipinski definition) is 3. The smallest absolute Gasteiger partial charge is 0.337 e. The Morgan fingerprint density at radius 3 is 2.48 bits per heavy atom. The Hall–Kier alpha value is -2.72. The van der Waals surface area contributed by atoms with Crippen LogP contribution < -0.4 is 0 Å². The maximum atomic E-state index is 12.4. The van der Waals surface area contributed by atoms with Gasteiger partial charge < -0.3 is 9.84 Å². The van der Waals surface area contributed by atoms with E-state index in [0.29, 0.717) is 11.3 Å². The van der Waals surface area contributed by atoms with E-state index in [0.717, 1.165) is 34.9 Å². The molecule has 31 heavy (non-hydrogen) atoms. The molecule has 1 N–H and O–H groups in total. The number of rotatable bonds is 4. The molecule has 0 unspecified atom stereocenters. The summed E-state index contributed by atoms with van der Waals surface area (Å²) in [6, 6.07) is 12.4. The van der Waals surface area contributed by atoms with Crippen molar-refractivity contribution in [2.24, 2.45) is 0 Å². The predicted octanol–water partition coefficient (Wildman–Crippen LogP) is 6.34. The van der Waals surface area contributed by atoms with E-state index in [1.54, 1.807) is 0 Å². The molecule has 4 nitrogen and oxygen atoms in total. The summed E-state index contributed by atoms with van der Waals surface area (Å²) in [7, 11) is 0. The van der Waals surface area contributed by atoms with Crippen molar-refractivity contribution in [3.63, 3.8) is 0 Å². The van der Waals surface area contributed by atoms with Gasteiger partial charge in [-0.05, 0) is 94.2 Å². The van der Waals surface area contributed by atoms with Crippen LogP contribution in [0.15, 0.2) is 36.4 Å². The normalized spacial score (nSPS) is 15.0.